The molecule has 0 amide bonds. The highest BCUT2D eigenvalue weighted by molar-refractivity contribution is 9.11. The first-order valence-electron chi connectivity index (χ1n) is 4.98. The summed E-state index contributed by atoms with van der Waals surface area (Å²) in [5, 5.41) is 4.46. The Labute approximate surface area is 97.3 Å². The second kappa shape index (κ2) is 3.81. The van der Waals surface area contributed by atoms with Gasteiger partial charge in [0.05, 0.1) is 9.98 Å². The number of hydrogen-bond donors (Lipinski definition) is 1. The Balaban J connectivity index is 1.89. The van der Waals surface area contributed by atoms with Gasteiger partial charge in [0.1, 0.15) is 0 Å². The highest BCUT2D eigenvalue weighted by Gasteiger charge is 2.44. The molecule has 0 aromatic carbocycles. The van der Waals surface area contributed by atoms with Crippen LogP contribution in [0.5, 0.6) is 0 Å². The van der Waals surface area contributed by atoms with E-state index in [-0.39, 0.29) is 0 Å². The Hall–Kier alpha value is -0.0900. The number of anilines is 1. The Bertz CT molecular complexity index is 318. The Morgan fingerprint density at radius 2 is 2.36 bits per heavy atom. The lowest BCUT2D eigenvalue weighted by atomic mass is 9.92. The molecule has 0 saturated heterocycles. The van der Waals surface area contributed by atoms with Crippen molar-refractivity contribution in [2.24, 2.45) is 11.3 Å². The molecule has 1 aliphatic rings. The van der Waals surface area contributed by atoms with E-state index in [1.807, 2.05) is 6.20 Å². The molecule has 2 rings (SSSR count). The molecule has 78 valence electrons. The van der Waals surface area contributed by atoms with Crippen molar-refractivity contribution in [3.05, 3.63) is 9.98 Å². The summed E-state index contributed by atoms with van der Waals surface area (Å²) >= 11 is 5.08. The van der Waals surface area contributed by atoms with Crippen LogP contribution in [0.2, 0.25) is 0 Å². The van der Waals surface area contributed by atoms with Gasteiger partial charge in [0.2, 0.25) is 0 Å². The molecule has 1 aromatic heterocycles. The topological polar surface area (TPSA) is 24.9 Å². The summed E-state index contributed by atoms with van der Waals surface area (Å²) in [4.78, 5) is 4.27. The largest absolute Gasteiger partial charge is 0.361 e. The van der Waals surface area contributed by atoms with Gasteiger partial charge < -0.3 is 5.32 Å². The Morgan fingerprint density at radius 3 is 2.79 bits per heavy atom. The highest BCUT2D eigenvalue weighted by Crippen LogP contribution is 2.51. The van der Waals surface area contributed by atoms with Gasteiger partial charge in [0.15, 0.2) is 5.13 Å². The zero-order chi connectivity index (χ0) is 10.2. The van der Waals surface area contributed by atoms with Crippen LogP contribution < -0.4 is 5.32 Å². The van der Waals surface area contributed by atoms with E-state index in [1.165, 1.54) is 12.8 Å². The number of aromatic nitrogens is 1. The normalized spacial score (nSPS) is 18.6. The molecule has 0 bridgehead atoms. The number of rotatable bonds is 4. The van der Waals surface area contributed by atoms with Gasteiger partial charge in [-0.25, -0.2) is 4.98 Å². The molecule has 1 aromatic rings. The van der Waals surface area contributed by atoms with E-state index in [1.54, 1.807) is 11.3 Å². The highest BCUT2D eigenvalue weighted by atomic mass is 79.9. The zero-order valence-electron chi connectivity index (χ0n) is 8.51. The first kappa shape index (κ1) is 10.4. The number of nitrogens with one attached hydrogen (secondary N) is 1. The molecule has 0 aliphatic heterocycles. The maximum Gasteiger partial charge on any atom is 0.183 e. The third-order valence-corrected chi connectivity index (χ3v) is 4.62. The fourth-order valence-electron chi connectivity index (χ4n) is 1.71. The van der Waals surface area contributed by atoms with E-state index < -0.39 is 0 Å². The van der Waals surface area contributed by atoms with Crippen LogP contribution in [0.25, 0.3) is 0 Å². The second-order valence-electron chi connectivity index (χ2n) is 4.34. The molecule has 0 radical (unpaired) electrons. The van der Waals surface area contributed by atoms with Crippen molar-refractivity contribution in [2.75, 3.05) is 11.9 Å². The molecule has 0 spiro atoms. The molecule has 4 heteroatoms. The number of hydrogen-bond acceptors (Lipinski definition) is 3. The van der Waals surface area contributed by atoms with Gasteiger partial charge in [0.25, 0.3) is 0 Å². The van der Waals surface area contributed by atoms with Crippen molar-refractivity contribution < 1.29 is 0 Å². The van der Waals surface area contributed by atoms with E-state index in [0.29, 0.717) is 5.41 Å². The van der Waals surface area contributed by atoms with Crippen molar-refractivity contribution in [3.8, 4) is 0 Å². The van der Waals surface area contributed by atoms with Crippen LogP contribution in [0.4, 0.5) is 5.13 Å². The van der Waals surface area contributed by atoms with E-state index in [0.717, 1.165) is 21.4 Å². The number of thiazole rings is 1. The first-order chi connectivity index (χ1) is 6.62. The minimum Gasteiger partial charge on any atom is -0.361 e. The Kier molecular flexibility index (Phi) is 2.84. The molecular weight excluding hydrogens is 260 g/mol. The minimum atomic E-state index is 0.554. The summed E-state index contributed by atoms with van der Waals surface area (Å²) in [6.07, 6.45) is 4.58. The van der Waals surface area contributed by atoms with Crippen LogP contribution in [-0.4, -0.2) is 11.5 Å². The second-order valence-corrected chi connectivity index (χ2v) is 6.75. The van der Waals surface area contributed by atoms with Crippen LogP contribution in [0.15, 0.2) is 9.98 Å². The fourth-order valence-corrected chi connectivity index (χ4v) is 2.81. The molecule has 1 N–H and O–H groups in total. The minimum absolute atomic E-state index is 0.554. The van der Waals surface area contributed by atoms with Gasteiger partial charge in [-0.2, -0.15) is 0 Å². The van der Waals surface area contributed by atoms with Gasteiger partial charge in [0, 0.05) is 6.54 Å². The summed E-state index contributed by atoms with van der Waals surface area (Å²) in [7, 11) is 0. The van der Waals surface area contributed by atoms with E-state index in [9.17, 15) is 0 Å². The predicted molar refractivity (Wildman–Crippen MR) is 64.8 cm³/mol. The summed E-state index contributed by atoms with van der Waals surface area (Å²) in [6, 6.07) is 0. The lowest BCUT2D eigenvalue weighted by Crippen LogP contribution is -2.20. The number of nitrogens with zero attached hydrogens (tertiary/aromatic N) is 1. The monoisotopic (exact) mass is 274 g/mol. The van der Waals surface area contributed by atoms with Gasteiger partial charge in [-0.15, -0.1) is 0 Å². The maximum absolute atomic E-state index is 4.27. The third kappa shape index (κ3) is 2.11. The quantitative estimate of drug-likeness (QED) is 0.905. The molecular formula is C10H15BrN2S. The summed E-state index contributed by atoms with van der Waals surface area (Å²) in [5.41, 5.74) is 0.554. The van der Waals surface area contributed by atoms with Crippen molar-refractivity contribution in [2.45, 2.75) is 26.7 Å². The SMILES string of the molecule is CC(C)C1(CNc2ncc(Br)s2)CC1. The predicted octanol–water partition coefficient (Wildman–Crippen LogP) is 3.75. The molecule has 1 saturated carbocycles. The first-order valence-corrected chi connectivity index (χ1v) is 6.58. The maximum atomic E-state index is 4.27. The van der Waals surface area contributed by atoms with Crippen molar-refractivity contribution in [1.29, 1.82) is 0 Å². The molecule has 2 nitrogen and oxygen atoms in total. The van der Waals surface area contributed by atoms with Gasteiger partial charge in [-0.05, 0) is 40.1 Å². The lowest BCUT2D eigenvalue weighted by Gasteiger charge is -2.19. The smallest absolute Gasteiger partial charge is 0.183 e. The summed E-state index contributed by atoms with van der Waals surface area (Å²) in [6.45, 7) is 5.70. The van der Waals surface area contributed by atoms with E-state index in [2.05, 4.69) is 40.1 Å². The molecule has 0 atom stereocenters. The lowest BCUT2D eigenvalue weighted by molar-refractivity contribution is 0.380. The number of halogens is 1. The van der Waals surface area contributed by atoms with Crippen molar-refractivity contribution in [3.63, 3.8) is 0 Å². The summed E-state index contributed by atoms with van der Waals surface area (Å²) < 4.78 is 1.09. The summed E-state index contributed by atoms with van der Waals surface area (Å²) in [5.74, 6) is 0.776. The standard InChI is InChI=1S/C10H15BrN2S/c1-7(2)10(3-4-10)6-13-9-12-5-8(11)14-9/h5,7H,3-4,6H2,1-2H3,(H,12,13). The third-order valence-electron chi connectivity index (χ3n) is 3.19. The average molecular weight is 275 g/mol. The molecule has 0 unspecified atom stereocenters. The molecule has 14 heavy (non-hydrogen) atoms. The van der Waals surface area contributed by atoms with Crippen molar-refractivity contribution in [1.82, 2.24) is 4.98 Å². The average Bonchev–Trinajstić information content (AvgIpc) is 2.82. The zero-order valence-corrected chi connectivity index (χ0v) is 10.9. The van der Waals surface area contributed by atoms with Crippen molar-refractivity contribution >= 4 is 32.4 Å². The van der Waals surface area contributed by atoms with Gasteiger partial charge >= 0.3 is 0 Å². The Morgan fingerprint density at radius 1 is 1.64 bits per heavy atom. The van der Waals surface area contributed by atoms with Crippen LogP contribution in [0.3, 0.4) is 0 Å². The van der Waals surface area contributed by atoms with Gasteiger partial charge in [-0.3, -0.25) is 0 Å². The van der Waals surface area contributed by atoms with E-state index >= 15 is 0 Å². The molecule has 1 aliphatic carbocycles. The fraction of sp³-hybridized carbons (Fsp3) is 0.700. The van der Waals surface area contributed by atoms with Crippen LogP contribution >= 0.6 is 27.3 Å². The van der Waals surface area contributed by atoms with Gasteiger partial charge in [-0.1, -0.05) is 25.2 Å². The van der Waals surface area contributed by atoms with Crippen LogP contribution in [0, 0.1) is 11.3 Å². The van der Waals surface area contributed by atoms with E-state index in [4.69, 9.17) is 0 Å². The molecule has 1 fully saturated rings. The van der Waals surface area contributed by atoms with Crippen LogP contribution in [-0.2, 0) is 0 Å². The molecule has 1 heterocycles. The van der Waals surface area contributed by atoms with Crippen LogP contribution in [0.1, 0.15) is 26.7 Å².